The minimum Gasteiger partial charge on any atom is -0.469 e. The summed E-state index contributed by atoms with van der Waals surface area (Å²) in [5.74, 6) is -0.290. The van der Waals surface area contributed by atoms with Crippen molar-refractivity contribution in [2.24, 2.45) is 0 Å². The maximum absolute atomic E-state index is 11.6. The van der Waals surface area contributed by atoms with Gasteiger partial charge in [-0.05, 0) is 41.1 Å². The maximum Gasteiger partial charge on any atom is 0.305 e. The van der Waals surface area contributed by atoms with Gasteiger partial charge < -0.3 is 4.74 Å². The highest BCUT2D eigenvalue weighted by molar-refractivity contribution is 14.1. The van der Waals surface area contributed by atoms with Gasteiger partial charge in [-0.25, -0.2) is 13.4 Å². The molecule has 0 radical (unpaired) electrons. The van der Waals surface area contributed by atoms with Crippen molar-refractivity contribution in [1.29, 1.82) is 0 Å². The van der Waals surface area contributed by atoms with Crippen molar-refractivity contribution in [2.75, 3.05) is 17.6 Å². The molecule has 1 aromatic heterocycles. The summed E-state index contributed by atoms with van der Waals surface area (Å²) in [5.41, 5.74) is 0. The van der Waals surface area contributed by atoms with E-state index in [0.717, 1.165) is 3.57 Å². The van der Waals surface area contributed by atoms with Gasteiger partial charge in [0.05, 0.1) is 12.9 Å². The molecule has 0 bridgehead atoms. The zero-order valence-electron chi connectivity index (χ0n) is 9.72. The quantitative estimate of drug-likeness (QED) is 0.592. The van der Waals surface area contributed by atoms with E-state index >= 15 is 0 Å². The van der Waals surface area contributed by atoms with Crippen molar-refractivity contribution in [2.45, 2.75) is 12.8 Å². The Morgan fingerprint density at radius 2 is 2.22 bits per heavy atom. The largest absolute Gasteiger partial charge is 0.469 e. The highest BCUT2D eigenvalue weighted by Crippen LogP contribution is 2.09. The van der Waals surface area contributed by atoms with Crippen LogP contribution in [0.5, 0.6) is 0 Å². The molecular formula is C10H13IN2O4S. The SMILES string of the molecule is COC(=O)CCCS(=O)(=O)Nc1ccc(I)cn1. The van der Waals surface area contributed by atoms with Gasteiger partial charge in [0.2, 0.25) is 10.0 Å². The Bertz CT molecular complexity index is 501. The molecule has 0 aliphatic rings. The number of carbonyl (C=O) groups is 1. The number of esters is 1. The first-order chi connectivity index (χ1) is 8.43. The van der Waals surface area contributed by atoms with E-state index in [-0.39, 0.29) is 24.4 Å². The third kappa shape index (κ3) is 5.63. The summed E-state index contributed by atoms with van der Waals surface area (Å²) in [6.45, 7) is 0. The molecule has 0 aliphatic heterocycles. The van der Waals surface area contributed by atoms with Gasteiger partial charge in [0.25, 0.3) is 0 Å². The van der Waals surface area contributed by atoms with Crippen molar-refractivity contribution in [1.82, 2.24) is 4.98 Å². The maximum atomic E-state index is 11.6. The number of aromatic nitrogens is 1. The highest BCUT2D eigenvalue weighted by Gasteiger charge is 2.12. The third-order valence-corrected chi connectivity index (χ3v) is 3.99. The van der Waals surface area contributed by atoms with Gasteiger partial charge in [-0.3, -0.25) is 9.52 Å². The van der Waals surface area contributed by atoms with Crippen LogP contribution < -0.4 is 4.72 Å². The molecule has 0 amide bonds. The van der Waals surface area contributed by atoms with Gasteiger partial charge in [0.15, 0.2) is 0 Å². The van der Waals surface area contributed by atoms with Crippen molar-refractivity contribution in [3.05, 3.63) is 21.9 Å². The van der Waals surface area contributed by atoms with Gasteiger partial charge in [-0.1, -0.05) is 0 Å². The minimum absolute atomic E-state index is 0.0809. The molecule has 100 valence electrons. The molecule has 0 fully saturated rings. The number of pyridine rings is 1. The van der Waals surface area contributed by atoms with Gasteiger partial charge in [0, 0.05) is 16.2 Å². The third-order valence-electron chi connectivity index (χ3n) is 2.01. The summed E-state index contributed by atoms with van der Waals surface area (Å²) in [4.78, 5) is 14.8. The lowest BCUT2D eigenvalue weighted by molar-refractivity contribution is -0.140. The van der Waals surface area contributed by atoms with Crippen LogP contribution in [0.25, 0.3) is 0 Å². The lowest BCUT2D eigenvalue weighted by atomic mass is 10.3. The number of nitrogens with one attached hydrogen (secondary N) is 1. The first kappa shape index (κ1) is 15.2. The predicted octanol–water partition coefficient (Wildman–Crippen LogP) is 1.38. The molecule has 0 saturated carbocycles. The fourth-order valence-electron chi connectivity index (χ4n) is 1.16. The molecule has 18 heavy (non-hydrogen) atoms. The van der Waals surface area contributed by atoms with Gasteiger partial charge in [0.1, 0.15) is 5.82 Å². The van der Waals surface area contributed by atoms with Gasteiger partial charge in [-0.2, -0.15) is 0 Å². The van der Waals surface area contributed by atoms with E-state index in [2.05, 4.69) is 37.0 Å². The Morgan fingerprint density at radius 3 is 2.78 bits per heavy atom. The number of hydrogen-bond donors (Lipinski definition) is 1. The Morgan fingerprint density at radius 1 is 1.50 bits per heavy atom. The summed E-state index contributed by atoms with van der Waals surface area (Å²) in [7, 11) is -2.21. The zero-order chi connectivity index (χ0) is 13.6. The van der Waals surface area contributed by atoms with Crippen molar-refractivity contribution >= 4 is 44.4 Å². The average molecular weight is 384 g/mol. The van der Waals surface area contributed by atoms with Crippen molar-refractivity contribution in [3.8, 4) is 0 Å². The Balaban J connectivity index is 2.49. The second-order valence-corrected chi connectivity index (χ2v) is 6.55. The number of anilines is 1. The number of nitrogens with zero attached hydrogens (tertiary/aromatic N) is 1. The first-order valence-electron chi connectivity index (χ1n) is 5.12. The summed E-state index contributed by atoms with van der Waals surface area (Å²) in [6, 6.07) is 3.33. The second-order valence-electron chi connectivity index (χ2n) is 3.46. The monoisotopic (exact) mass is 384 g/mol. The predicted molar refractivity (Wildman–Crippen MR) is 75.6 cm³/mol. The molecule has 0 saturated heterocycles. The highest BCUT2D eigenvalue weighted by atomic mass is 127. The van der Waals surface area contributed by atoms with Gasteiger partial charge in [-0.15, -0.1) is 0 Å². The van der Waals surface area contributed by atoms with Crippen LogP contribution >= 0.6 is 22.6 Å². The van der Waals surface area contributed by atoms with Crippen LogP contribution in [-0.2, 0) is 19.6 Å². The molecule has 8 heteroatoms. The van der Waals surface area contributed by atoms with Crippen LogP contribution in [0.2, 0.25) is 0 Å². The molecule has 1 N–H and O–H groups in total. The smallest absolute Gasteiger partial charge is 0.305 e. The summed E-state index contributed by atoms with van der Waals surface area (Å²) < 4.78 is 31.0. The Labute approximate surface area is 119 Å². The number of methoxy groups -OCH3 is 1. The minimum atomic E-state index is -3.47. The first-order valence-corrected chi connectivity index (χ1v) is 7.85. The van der Waals surface area contributed by atoms with E-state index in [4.69, 9.17) is 0 Å². The van der Waals surface area contributed by atoms with Crippen LogP contribution in [0.1, 0.15) is 12.8 Å². The lowest BCUT2D eigenvalue weighted by Crippen LogP contribution is -2.18. The fraction of sp³-hybridized carbons (Fsp3) is 0.400. The summed E-state index contributed by atoms with van der Waals surface area (Å²) in [6.07, 6.45) is 1.86. The molecule has 6 nitrogen and oxygen atoms in total. The Kier molecular flexibility index (Phi) is 5.79. The topological polar surface area (TPSA) is 85.4 Å². The average Bonchev–Trinajstić information content (AvgIpc) is 2.31. The fourth-order valence-corrected chi connectivity index (χ4v) is 2.54. The van der Waals surface area contributed by atoms with Crippen LogP contribution in [0.4, 0.5) is 5.82 Å². The molecule has 0 spiro atoms. The molecule has 0 aromatic carbocycles. The number of rotatable bonds is 6. The molecule has 0 aliphatic carbocycles. The number of hydrogen-bond acceptors (Lipinski definition) is 5. The molecule has 0 unspecified atom stereocenters. The summed E-state index contributed by atoms with van der Waals surface area (Å²) >= 11 is 2.08. The normalized spacial score (nSPS) is 11.0. The molecule has 1 aromatic rings. The van der Waals surface area contributed by atoms with Crippen LogP contribution in [-0.4, -0.2) is 32.2 Å². The van der Waals surface area contributed by atoms with E-state index in [1.807, 2.05) is 0 Å². The van der Waals surface area contributed by atoms with Crippen LogP contribution in [0.3, 0.4) is 0 Å². The van der Waals surface area contributed by atoms with Crippen molar-refractivity contribution < 1.29 is 17.9 Å². The standard InChI is InChI=1S/C10H13IN2O4S/c1-17-10(14)3-2-6-18(15,16)13-9-5-4-8(11)7-12-9/h4-5,7H,2-3,6H2,1H3,(H,12,13). The summed E-state index contributed by atoms with van der Waals surface area (Å²) in [5, 5.41) is 0. The van der Waals surface area contributed by atoms with E-state index in [0.29, 0.717) is 0 Å². The van der Waals surface area contributed by atoms with Gasteiger partial charge >= 0.3 is 5.97 Å². The van der Waals surface area contributed by atoms with E-state index < -0.39 is 16.0 Å². The van der Waals surface area contributed by atoms with E-state index in [1.165, 1.54) is 7.11 Å². The Hall–Kier alpha value is -0.900. The molecule has 1 rings (SSSR count). The lowest BCUT2D eigenvalue weighted by Gasteiger charge is -2.06. The van der Waals surface area contributed by atoms with E-state index in [9.17, 15) is 13.2 Å². The number of ether oxygens (including phenoxy) is 1. The zero-order valence-corrected chi connectivity index (χ0v) is 12.7. The second kappa shape index (κ2) is 6.88. The molecule has 0 atom stereocenters. The number of carbonyl (C=O) groups excluding carboxylic acids is 1. The number of halogens is 1. The van der Waals surface area contributed by atoms with E-state index in [1.54, 1.807) is 18.3 Å². The van der Waals surface area contributed by atoms with Crippen LogP contribution in [0, 0.1) is 3.57 Å². The van der Waals surface area contributed by atoms with Crippen LogP contribution in [0.15, 0.2) is 18.3 Å². The molecular weight excluding hydrogens is 371 g/mol. The number of sulfonamides is 1. The molecule has 1 heterocycles. The van der Waals surface area contributed by atoms with Crippen molar-refractivity contribution in [3.63, 3.8) is 0 Å².